The average Bonchev–Trinajstić information content (AvgIpc) is 2.60. The first-order valence-electron chi connectivity index (χ1n) is 4.63. The van der Waals surface area contributed by atoms with Crippen molar-refractivity contribution in [1.82, 2.24) is 0 Å². The SMILES string of the molecule is CCCC(C#N)=C(N)c1coc(C)c1. The Morgan fingerprint density at radius 2 is 2.36 bits per heavy atom. The van der Waals surface area contributed by atoms with Crippen LogP contribution in [0.5, 0.6) is 0 Å². The highest BCUT2D eigenvalue weighted by Crippen LogP contribution is 2.18. The summed E-state index contributed by atoms with van der Waals surface area (Å²) in [6.07, 6.45) is 3.21. The van der Waals surface area contributed by atoms with E-state index in [0.717, 1.165) is 17.7 Å². The second-order valence-electron chi connectivity index (χ2n) is 3.20. The topological polar surface area (TPSA) is 63.0 Å². The van der Waals surface area contributed by atoms with Crippen molar-refractivity contribution < 1.29 is 4.42 Å². The molecule has 1 heterocycles. The van der Waals surface area contributed by atoms with Crippen LogP contribution in [0.3, 0.4) is 0 Å². The van der Waals surface area contributed by atoms with E-state index >= 15 is 0 Å². The maximum absolute atomic E-state index is 8.88. The van der Waals surface area contributed by atoms with Gasteiger partial charge in [0, 0.05) is 5.56 Å². The molecular weight excluding hydrogens is 176 g/mol. The van der Waals surface area contributed by atoms with Gasteiger partial charge in [0.25, 0.3) is 0 Å². The van der Waals surface area contributed by atoms with Gasteiger partial charge in [-0.05, 0) is 19.4 Å². The lowest BCUT2D eigenvalue weighted by Crippen LogP contribution is -1.99. The van der Waals surface area contributed by atoms with E-state index in [1.165, 1.54) is 0 Å². The number of allylic oxidation sites excluding steroid dienone is 1. The minimum Gasteiger partial charge on any atom is -0.469 e. The van der Waals surface area contributed by atoms with Crippen LogP contribution in [0.15, 0.2) is 22.3 Å². The molecule has 3 nitrogen and oxygen atoms in total. The minimum atomic E-state index is 0.534. The summed E-state index contributed by atoms with van der Waals surface area (Å²) in [5.41, 5.74) is 7.81. The van der Waals surface area contributed by atoms with E-state index in [2.05, 4.69) is 6.07 Å². The first-order chi connectivity index (χ1) is 6.69. The third-order valence-electron chi connectivity index (χ3n) is 2.00. The fraction of sp³-hybridized carbons (Fsp3) is 0.364. The van der Waals surface area contributed by atoms with E-state index in [0.29, 0.717) is 17.7 Å². The summed E-state index contributed by atoms with van der Waals surface area (Å²) in [6, 6.07) is 3.96. The van der Waals surface area contributed by atoms with Gasteiger partial charge in [-0.2, -0.15) is 5.26 Å². The van der Waals surface area contributed by atoms with E-state index < -0.39 is 0 Å². The van der Waals surface area contributed by atoms with E-state index in [9.17, 15) is 0 Å². The molecule has 74 valence electrons. The molecule has 1 rings (SSSR count). The van der Waals surface area contributed by atoms with Crippen LogP contribution in [0.2, 0.25) is 0 Å². The van der Waals surface area contributed by atoms with Crippen LogP contribution in [0.4, 0.5) is 0 Å². The van der Waals surface area contributed by atoms with Crippen molar-refractivity contribution in [2.75, 3.05) is 0 Å². The van der Waals surface area contributed by atoms with Crippen molar-refractivity contribution in [2.24, 2.45) is 5.73 Å². The summed E-state index contributed by atoms with van der Waals surface area (Å²) >= 11 is 0. The molecule has 0 saturated heterocycles. The summed E-state index contributed by atoms with van der Waals surface area (Å²) in [6.45, 7) is 3.87. The van der Waals surface area contributed by atoms with Gasteiger partial charge >= 0.3 is 0 Å². The molecule has 0 amide bonds. The summed E-state index contributed by atoms with van der Waals surface area (Å²) in [5, 5.41) is 8.88. The zero-order valence-electron chi connectivity index (χ0n) is 8.50. The summed E-state index contributed by atoms with van der Waals surface area (Å²) in [5.74, 6) is 0.803. The predicted octanol–water partition coefficient (Wildman–Crippen LogP) is 2.58. The molecule has 0 aliphatic rings. The Morgan fingerprint density at radius 3 is 2.79 bits per heavy atom. The lowest BCUT2D eigenvalue weighted by Gasteiger charge is -2.00. The molecule has 0 bridgehead atoms. The molecule has 2 N–H and O–H groups in total. The third-order valence-corrected chi connectivity index (χ3v) is 2.00. The maximum Gasteiger partial charge on any atom is 0.101 e. The summed E-state index contributed by atoms with van der Waals surface area (Å²) in [4.78, 5) is 0. The van der Waals surface area contributed by atoms with Crippen LogP contribution < -0.4 is 5.73 Å². The zero-order valence-corrected chi connectivity index (χ0v) is 8.50. The van der Waals surface area contributed by atoms with Gasteiger partial charge in [-0.3, -0.25) is 0 Å². The van der Waals surface area contributed by atoms with Gasteiger partial charge in [0.15, 0.2) is 0 Å². The van der Waals surface area contributed by atoms with Crippen LogP contribution in [0.25, 0.3) is 5.70 Å². The Kier molecular flexibility index (Phi) is 3.35. The molecule has 1 aromatic rings. The summed E-state index contributed by atoms with van der Waals surface area (Å²) < 4.78 is 5.13. The molecule has 0 radical (unpaired) electrons. The maximum atomic E-state index is 8.88. The van der Waals surface area contributed by atoms with Crippen LogP contribution in [-0.4, -0.2) is 0 Å². The van der Waals surface area contributed by atoms with Crippen molar-refractivity contribution in [3.63, 3.8) is 0 Å². The number of rotatable bonds is 3. The highest BCUT2D eigenvalue weighted by atomic mass is 16.3. The number of hydrogen-bond acceptors (Lipinski definition) is 3. The number of hydrogen-bond donors (Lipinski definition) is 1. The van der Waals surface area contributed by atoms with Crippen LogP contribution in [0, 0.1) is 18.3 Å². The lowest BCUT2D eigenvalue weighted by molar-refractivity contribution is 0.533. The first kappa shape index (κ1) is 10.4. The molecule has 0 aromatic carbocycles. The molecule has 0 aliphatic carbocycles. The second kappa shape index (κ2) is 4.52. The van der Waals surface area contributed by atoms with Gasteiger partial charge in [0.1, 0.15) is 5.76 Å². The van der Waals surface area contributed by atoms with Crippen molar-refractivity contribution in [1.29, 1.82) is 5.26 Å². The van der Waals surface area contributed by atoms with Gasteiger partial charge in [-0.25, -0.2) is 0 Å². The van der Waals surface area contributed by atoms with Crippen LogP contribution in [-0.2, 0) is 0 Å². The minimum absolute atomic E-state index is 0.534. The van der Waals surface area contributed by atoms with E-state index in [1.807, 2.05) is 19.9 Å². The molecule has 0 atom stereocenters. The fourth-order valence-electron chi connectivity index (χ4n) is 1.26. The second-order valence-corrected chi connectivity index (χ2v) is 3.20. The van der Waals surface area contributed by atoms with Gasteiger partial charge in [0.2, 0.25) is 0 Å². The normalized spacial score (nSPS) is 12.1. The molecule has 1 aromatic heterocycles. The molecule has 14 heavy (non-hydrogen) atoms. The van der Waals surface area contributed by atoms with Crippen molar-refractivity contribution in [3.05, 3.63) is 29.2 Å². The van der Waals surface area contributed by atoms with E-state index in [4.69, 9.17) is 15.4 Å². The average molecular weight is 190 g/mol. The van der Waals surface area contributed by atoms with E-state index in [-0.39, 0.29) is 0 Å². The van der Waals surface area contributed by atoms with Crippen molar-refractivity contribution in [3.8, 4) is 6.07 Å². The molecule has 0 spiro atoms. The first-order valence-corrected chi connectivity index (χ1v) is 4.63. The van der Waals surface area contributed by atoms with Gasteiger partial charge in [-0.1, -0.05) is 13.3 Å². The number of nitriles is 1. The fourth-order valence-corrected chi connectivity index (χ4v) is 1.26. The molecule has 0 saturated carbocycles. The Bertz CT molecular complexity index is 382. The molecule has 0 unspecified atom stereocenters. The lowest BCUT2D eigenvalue weighted by atomic mass is 10.1. The number of nitrogens with zero attached hydrogens (tertiary/aromatic N) is 1. The number of aryl methyl sites for hydroxylation is 1. The molecular formula is C11H14N2O. The smallest absolute Gasteiger partial charge is 0.101 e. The quantitative estimate of drug-likeness (QED) is 0.745. The standard InChI is InChI=1S/C11H14N2O/c1-3-4-9(6-12)11(13)10-5-8(2)14-7-10/h5,7H,3-4,13H2,1-2H3. The zero-order chi connectivity index (χ0) is 10.6. The van der Waals surface area contributed by atoms with Gasteiger partial charge in [0.05, 0.1) is 23.6 Å². The largest absolute Gasteiger partial charge is 0.469 e. The third kappa shape index (κ3) is 2.17. The van der Waals surface area contributed by atoms with Crippen molar-refractivity contribution >= 4 is 5.70 Å². The molecule has 0 fully saturated rings. The van der Waals surface area contributed by atoms with Gasteiger partial charge < -0.3 is 10.2 Å². The Labute approximate surface area is 83.8 Å². The summed E-state index contributed by atoms with van der Waals surface area (Å²) in [7, 11) is 0. The van der Waals surface area contributed by atoms with Gasteiger partial charge in [-0.15, -0.1) is 0 Å². The number of furan rings is 1. The Morgan fingerprint density at radius 1 is 1.64 bits per heavy atom. The van der Waals surface area contributed by atoms with E-state index in [1.54, 1.807) is 6.26 Å². The van der Waals surface area contributed by atoms with Crippen LogP contribution >= 0.6 is 0 Å². The number of nitrogens with two attached hydrogens (primary N) is 1. The van der Waals surface area contributed by atoms with Crippen molar-refractivity contribution in [2.45, 2.75) is 26.7 Å². The monoisotopic (exact) mass is 190 g/mol. The predicted molar refractivity (Wildman–Crippen MR) is 55.1 cm³/mol. The molecule has 0 aliphatic heterocycles. The highest BCUT2D eigenvalue weighted by Gasteiger charge is 2.06. The Balaban J connectivity index is 3.02. The Hall–Kier alpha value is -1.69. The molecule has 3 heteroatoms. The highest BCUT2D eigenvalue weighted by molar-refractivity contribution is 5.68. The van der Waals surface area contributed by atoms with Crippen LogP contribution in [0.1, 0.15) is 31.1 Å².